The molecule has 36 nitrogen and oxygen atoms in total. The molecule has 0 unspecified atom stereocenters. The number of methoxy groups -OCH3 is 4. The fourth-order valence-electron chi connectivity index (χ4n) is 14.4. The van der Waals surface area contributed by atoms with Crippen molar-refractivity contribution in [3.05, 3.63) is 278 Å². The first-order valence-electron chi connectivity index (χ1n) is 45.1. The minimum Gasteiger partial charge on any atom is -0.870 e. The van der Waals surface area contributed by atoms with Crippen LogP contribution in [0.25, 0.3) is 33.8 Å². The number of aromatic carboxylic acids is 1. The number of carbonyl (C=O) groups is 7. The van der Waals surface area contributed by atoms with Crippen LogP contribution >= 0.6 is 38.5 Å². The number of allylic oxidation sites excluding steroid dienone is 3. The molecular weight excluding hydrogens is 2090 g/mol. The van der Waals surface area contributed by atoms with E-state index in [1.165, 1.54) is 53.6 Å². The molecule has 11 N–H and O–H groups in total. The number of nitrogen functional groups attached to an aromatic ring is 2. The Morgan fingerprint density at radius 2 is 0.857 bits per heavy atom. The van der Waals surface area contributed by atoms with Crippen LogP contribution in [0.3, 0.4) is 0 Å². The molecule has 6 aromatic carbocycles. The van der Waals surface area contributed by atoms with Crippen LogP contribution in [-0.2, 0) is 67.8 Å². The number of alkyl halides is 2. The molecule has 0 saturated carbocycles. The van der Waals surface area contributed by atoms with E-state index in [9.17, 15) is 57.5 Å². The van der Waals surface area contributed by atoms with Crippen molar-refractivity contribution in [2.75, 3.05) is 67.9 Å². The van der Waals surface area contributed by atoms with Gasteiger partial charge in [-0.2, -0.15) is 52.0 Å². The van der Waals surface area contributed by atoms with Gasteiger partial charge in [0.05, 0.1) is 196 Å². The Labute approximate surface area is 923 Å². The summed E-state index contributed by atoms with van der Waals surface area (Å²) in [5.41, 5.74) is 40.7. The normalized spacial score (nSPS) is 11.7. The molecular formula is C105H125BBrF2IKN19O17. The first-order valence-corrected chi connectivity index (χ1v) is 45.6. The minimum absolute atomic E-state index is 0. The molecule has 0 radical (unpaired) electrons. The summed E-state index contributed by atoms with van der Waals surface area (Å²) >= 11 is 5.35. The molecule has 5 aromatic heterocycles. The standard InChI is InChI=1S/C23H24N4O2.C15H15N3O2.C14H13N3O2.C11H19BN2O2.C10H8INO2.C10H10N2O2.C9H10BrNO2.C8H12N2O.C2H3N.2CH3F.CH4O.K.H2O/c1-13-6-14(2)20(21(28)7-13)12-25-23(29)19-9-17(10-24)8-18(16(19)4)22-15(3)11-26-27(22)5;1-9-8-17-18(3)14(9)12-5-11(7-16)6-13(10(12)2)15(19)20-4;1-8-7-16-17(3)13(8)11-4-10(6-15)5-12(9(11)2)14(18)19;1-8-7-13-14(6)9(8)12-15-10(2,3)11(4,5)16-12;1-6-8(10(13)14-2)3-7(5-12)4-9(6)11;1-6-8(10(13)14-2)3-7(5-11)4-9(6)12;1-5-7(9(12)13-2)3-6(10)4-8(5)11;1-5-3-6(2)10-8(11)7(5)4-9;1-2-3;3*1-2;;/h6,8-9,11H,7,12H2,1-5H3,(H,25,29);5-6,8H,1-4H3;4-5,7H,1-3H3,(H,18,19);7H,1-6H3;3-4H,1-2H3;3-4H,12H2,1-2H3;3-4H,11H2,1-2H3;3H,4,9H2,1-2H3,(H,10,11);1H3;2*1H3;2H,1H3;;1H2/q;;;;;;;;;;;;+1;/p-1/i;;;;;;;;;2*1D;;;. The maximum atomic E-state index is 13.0. The van der Waals surface area contributed by atoms with Crippen LogP contribution in [0.1, 0.15) is 220 Å². The van der Waals surface area contributed by atoms with Crippen LogP contribution in [0.5, 0.6) is 0 Å². The van der Waals surface area contributed by atoms with Crippen LogP contribution in [0, 0.1) is 155 Å². The molecule has 42 heteroatoms. The number of aryl methyl sites for hydroxylation is 10. The summed E-state index contributed by atoms with van der Waals surface area (Å²) in [5.74, 6) is -3.00. The van der Waals surface area contributed by atoms with E-state index in [0.717, 1.165) is 121 Å². The van der Waals surface area contributed by atoms with Crippen LogP contribution in [0.4, 0.5) is 20.2 Å². The molecule has 1 aliphatic heterocycles. The largest absolute Gasteiger partial charge is 1.00 e. The topological polar surface area (TPSA) is 582 Å². The van der Waals surface area contributed by atoms with E-state index >= 15 is 0 Å². The second-order valence-electron chi connectivity index (χ2n) is 33.1. The Kier molecular flexibility index (Phi) is 55.3. The number of aromatic nitrogens is 9. The molecule has 0 bridgehead atoms. The summed E-state index contributed by atoms with van der Waals surface area (Å²) in [4.78, 5) is 96.0. The summed E-state index contributed by atoms with van der Waals surface area (Å²) in [6.07, 6.45) is 9.43. The van der Waals surface area contributed by atoms with E-state index in [2.05, 4.69) is 123 Å². The quantitative estimate of drug-likeness (QED) is 0.0185. The summed E-state index contributed by atoms with van der Waals surface area (Å²) < 4.78 is 70.2. The van der Waals surface area contributed by atoms with E-state index < -0.39 is 38.2 Å². The van der Waals surface area contributed by atoms with Gasteiger partial charge in [0.1, 0.15) is 0 Å². The zero-order valence-electron chi connectivity index (χ0n) is 90.1. The number of halogens is 4. The number of amides is 1. The smallest absolute Gasteiger partial charge is 0.870 e. The predicted molar refractivity (Wildman–Crippen MR) is 565 cm³/mol. The average Bonchev–Trinajstić information content (AvgIpc) is 1.72. The van der Waals surface area contributed by atoms with Crippen LogP contribution in [0.2, 0.25) is 0 Å². The van der Waals surface area contributed by atoms with Crippen molar-refractivity contribution in [3.63, 3.8) is 0 Å². The predicted octanol–water partition coefficient (Wildman–Crippen LogP) is 13.4. The van der Waals surface area contributed by atoms with Crippen LogP contribution in [0.15, 0.2) is 136 Å². The molecule has 0 atom stereocenters. The zero-order valence-corrected chi connectivity index (χ0v) is 94.9. The number of aliphatic hydroxyl groups is 1. The molecule has 774 valence electrons. The molecule has 0 spiro atoms. The summed E-state index contributed by atoms with van der Waals surface area (Å²) in [6.45, 7) is 36.3. The zero-order chi connectivity index (χ0) is 112. The fourth-order valence-corrected chi connectivity index (χ4v) is 15.5. The third kappa shape index (κ3) is 35.8. The molecule has 147 heavy (non-hydrogen) atoms. The molecule has 2 aliphatic rings. The van der Waals surface area contributed by atoms with E-state index in [-0.39, 0.29) is 111 Å². The summed E-state index contributed by atoms with van der Waals surface area (Å²) in [5, 5.41) is 88.3. The number of carboxylic acid groups (broad SMARTS) is 1. The van der Waals surface area contributed by atoms with E-state index in [4.69, 9.17) is 65.4 Å². The number of Topliss-reactive ketones (excluding diaryl/α,β-unsaturated/α-hetero) is 1. The van der Waals surface area contributed by atoms with Gasteiger partial charge in [-0.15, -0.1) is 0 Å². The van der Waals surface area contributed by atoms with Crippen LogP contribution in [-0.4, -0.2) is 176 Å². The van der Waals surface area contributed by atoms with E-state index in [0.29, 0.717) is 102 Å². The van der Waals surface area contributed by atoms with Crippen molar-refractivity contribution in [3.8, 4) is 70.2 Å². The van der Waals surface area contributed by atoms with Gasteiger partial charge in [0.15, 0.2) is 5.78 Å². The SMILES string of the molecule is CC#N.CC1=CC(C)=C(CNC(=O)c2cc(C#N)cc(-c3c(C)cnn3C)c2C)C(=O)C1.CO.COC(=O)c1cc(Br)cc(N)c1C.COC(=O)c1cc(C#N)cc(-c2c(C)cnn2C)c1C.COC(=O)c1cc(C#N)cc(I)c1C.COC(=O)c1cc(C#N)cc(N)c1C.Cc1cc(C)c(CN)c(=O)[nH]1.Cc1cnn(C)c1-c1cc(C#N)cc(C(=O)O)c1C.Cc1cnn(C)c1B1OC(C)(C)C(C)(C)O1.[2H]CF.[2H]CF.[K+].[OH-]. The molecule has 11 aromatic rings. The van der Waals surface area contributed by atoms with Crippen molar-refractivity contribution in [2.45, 2.75) is 156 Å². The second kappa shape index (κ2) is 62.9. The number of carbonyl (C=O) groups excluding carboxylic acids is 6. The Hall–Kier alpha value is -13.8. The van der Waals surface area contributed by atoms with Gasteiger partial charge in [-0.05, 0) is 293 Å². The number of esters is 4. The van der Waals surface area contributed by atoms with Gasteiger partial charge >= 0.3 is 88.3 Å². The first-order chi connectivity index (χ1) is 69.0. The number of ether oxygens (including phenoxy) is 4. The van der Waals surface area contributed by atoms with Crippen molar-refractivity contribution >= 4 is 104 Å². The first kappa shape index (κ1) is 129. The number of ketones is 1. The Balaban J connectivity index is 0.00000168. The van der Waals surface area contributed by atoms with Crippen molar-refractivity contribution in [1.29, 1.82) is 31.6 Å². The fraction of sp³-hybridized carbons (Fsp3) is 0.333. The number of pyridine rings is 1. The summed E-state index contributed by atoms with van der Waals surface area (Å²) in [7, 11) is 11.3. The number of nitrogens with two attached hydrogens (primary N) is 3. The summed E-state index contributed by atoms with van der Waals surface area (Å²) in [6, 6.07) is 33.3. The van der Waals surface area contributed by atoms with E-state index in [1.807, 2.05) is 139 Å². The van der Waals surface area contributed by atoms with Crippen molar-refractivity contribution in [2.24, 2.45) is 33.9 Å². The number of rotatable bonds is 13. The number of hydrogen-bond donors (Lipinski definition) is 7. The van der Waals surface area contributed by atoms with Crippen molar-refractivity contribution < 1.29 is 140 Å². The molecule has 1 fully saturated rings. The number of aromatic amines is 1. The molecule has 1 aliphatic carbocycles. The van der Waals surface area contributed by atoms with Gasteiger partial charge in [0, 0.05) is 120 Å². The number of nitrogens with one attached hydrogen (secondary N) is 2. The molecule has 6 heterocycles. The minimum atomic E-state index is -1.03. The number of carboxylic acids is 1. The third-order valence-corrected chi connectivity index (χ3v) is 24.4. The number of hydrogen-bond acceptors (Lipinski definition) is 29. The van der Waals surface area contributed by atoms with Gasteiger partial charge < -0.3 is 71.4 Å². The Bertz CT molecular complexity index is 6860. The van der Waals surface area contributed by atoms with Gasteiger partial charge in [-0.1, -0.05) is 27.6 Å². The number of nitriles is 6. The number of anilines is 2. The van der Waals surface area contributed by atoms with Gasteiger partial charge in [0.25, 0.3) is 11.5 Å². The Morgan fingerprint density at radius 3 is 1.20 bits per heavy atom. The third-order valence-electron chi connectivity index (χ3n) is 22.8. The van der Waals surface area contributed by atoms with Crippen LogP contribution < -0.4 is 85.1 Å². The molecule has 1 saturated heterocycles. The van der Waals surface area contributed by atoms with E-state index in [1.54, 1.807) is 121 Å². The van der Waals surface area contributed by atoms with Gasteiger partial charge in [-0.3, -0.25) is 41.9 Å². The maximum Gasteiger partial charge on any atom is 1.00 e. The molecule has 13 rings (SSSR count). The molecule has 1 amide bonds. The van der Waals surface area contributed by atoms with Gasteiger partial charge in [-0.25, -0.2) is 24.0 Å². The maximum absolute atomic E-state index is 13.0. The average molecular weight is 2220 g/mol. The monoisotopic (exact) mass is 2220 g/mol. The Morgan fingerprint density at radius 1 is 0.531 bits per heavy atom. The number of H-pyrrole nitrogens is 1. The number of benzene rings is 6. The van der Waals surface area contributed by atoms with Gasteiger partial charge in [0.2, 0.25) is 0 Å². The van der Waals surface area contributed by atoms with Crippen molar-refractivity contribution in [1.82, 2.24) is 49.4 Å². The number of aliphatic hydroxyl groups excluding tert-OH is 1. The number of nitrogens with zero attached hydrogens (tertiary/aromatic N) is 14. The second-order valence-corrected chi connectivity index (χ2v) is 35.2.